The van der Waals surface area contributed by atoms with Gasteiger partial charge in [-0.3, -0.25) is 0 Å². The van der Waals surface area contributed by atoms with E-state index in [2.05, 4.69) is 58.2 Å². The van der Waals surface area contributed by atoms with Crippen molar-refractivity contribution in [1.29, 1.82) is 0 Å². The molecule has 0 amide bonds. The second-order valence-corrected chi connectivity index (χ2v) is 6.59. The lowest BCUT2D eigenvalue weighted by atomic mass is 10.1. The number of halogens is 1. The summed E-state index contributed by atoms with van der Waals surface area (Å²) < 4.78 is 1.25. The number of unbranched alkanes of at least 4 members (excludes halogenated alkanes) is 1. The lowest BCUT2D eigenvalue weighted by Gasteiger charge is -2.26. The van der Waals surface area contributed by atoms with E-state index in [1.165, 1.54) is 54.4 Å². The SMILES string of the molecule is CCCCN(c1ccc(CNCCC)cc1Br)C1CC1. The molecule has 0 atom stereocenters. The number of rotatable bonds is 9. The van der Waals surface area contributed by atoms with Crippen LogP contribution in [0.4, 0.5) is 5.69 Å². The second-order valence-electron chi connectivity index (χ2n) is 5.74. The summed E-state index contributed by atoms with van der Waals surface area (Å²) in [4.78, 5) is 2.59. The van der Waals surface area contributed by atoms with Gasteiger partial charge in [-0.05, 0) is 65.9 Å². The normalized spacial score (nSPS) is 14.6. The largest absolute Gasteiger partial charge is 0.368 e. The number of anilines is 1. The molecule has 0 unspecified atom stereocenters. The summed E-state index contributed by atoms with van der Waals surface area (Å²) in [6, 6.07) is 7.62. The molecule has 2 rings (SSSR count). The van der Waals surface area contributed by atoms with Crippen molar-refractivity contribution in [3.05, 3.63) is 28.2 Å². The van der Waals surface area contributed by atoms with Crippen LogP contribution in [0.15, 0.2) is 22.7 Å². The minimum Gasteiger partial charge on any atom is -0.368 e. The van der Waals surface area contributed by atoms with Crippen molar-refractivity contribution >= 4 is 21.6 Å². The molecule has 1 N–H and O–H groups in total. The summed E-state index contributed by atoms with van der Waals surface area (Å²) in [5, 5.41) is 3.46. The third kappa shape index (κ3) is 4.49. The van der Waals surface area contributed by atoms with E-state index >= 15 is 0 Å². The fourth-order valence-corrected chi connectivity index (χ4v) is 3.17. The first kappa shape index (κ1) is 15.8. The van der Waals surface area contributed by atoms with Crippen molar-refractivity contribution in [2.75, 3.05) is 18.0 Å². The van der Waals surface area contributed by atoms with E-state index < -0.39 is 0 Å². The Morgan fingerprint density at radius 1 is 1.25 bits per heavy atom. The first-order valence-electron chi connectivity index (χ1n) is 8.02. The van der Waals surface area contributed by atoms with E-state index in [-0.39, 0.29) is 0 Å². The third-order valence-corrected chi connectivity index (χ3v) is 4.45. The van der Waals surface area contributed by atoms with Gasteiger partial charge in [-0.1, -0.05) is 26.3 Å². The first-order chi connectivity index (χ1) is 9.76. The van der Waals surface area contributed by atoms with Gasteiger partial charge < -0.3 is 10.2 Å². The molecule has 3 heteroatoms. The Labute approximate surface area is 132 Å². The predicted octanol–water partition coefficient (Wildman–Crippen LogP) is 4.72. The van der Waals surface area contributed by atoms with Crippen LogP contribution in [0.5, 0.6) is 0 Å². The number of nitrogens with one attached hydrogen (secondary N) is 1. The minimum absolute atomic E-state index is 0.780. The van der Waals surface area contributed by atoms with E-state index in [9.17, 15) is 0 Å². The molecular weight excluding hydrogens is 312 g/mol. The van der Waals surface area contributed by atoms with Gasteiger partial charge in [-0.15, -0.1) is 0 Å². The highest BCUT2D eigenvalue weighted by molar-refractivity contribution is 9.10. The number of hydrogen-bond acceptors (Lipinski definition) is 2. The van der Waals surface area contributed by atoms with Crippen molar-refractivity contribution in [3.8, 4) is 0 Å². The second kappa shape index (κ2) is 8.04. The first-order valence-corrected chi connectivity index (χ1v) is 8.81. The number of benzene rings is 1. The van der Waals surface area contributed by atoms with E-state index in [0.29, 0.717) is 0 Å². The quantitative estimate of drug-likeness (QED) is 0.655. The molecule has 112 valence electrons. The summed E-state index contributed by atoms with van der Waals surface area (Å²) >= 11 is 3.78. The van der Waals surface area contributed by atoms with Crippen molar-refractivity contribution in [2.45, 2.75) is 58.5 Å². The Balaban J connectivity index is 2.02. The maximum Gasteiger partial charge on any atom is 0.0513 e. The van der Waals surface area contributed by atoms with E-state index in [0.717, 1.165) is 19.1 Å². The molecule has 1 aliphatic carbocycles. The van der Waals surface area contributed by atoms with Gasteiger partial charge in [-0.25, -0.2) is 0 Å². The summed E-state index contributed by atoms with van der Waals surface area (Å²) in [6.45, 7) is 7.71. The van der Waals surface area contributed by atoms with Gasteiger partial charge >= 0.3 is 0 Å². The van der Waals surface area contributed by atoms with Crippen LogP contribution in [-0.2, 0) is 6.54 Å². The molecule has 0 saturated heterocycles. The third-order valence-electron chi connectivity index (χ3n) is 3.82. The van der Waals surface area contributed by atoms with Crippen molar-refractivity contribution in [2.24, 2.45) is 0 Å². The molecule has 0 heterocycles. The monoisotopic (exact) mass is 338 g/mol. The Morgan fingerprint density at radius 2 is 2.05 bits per heavy atom. The maximum absolute atomic E-state index is 3.78. The summed E-state index contributed by atoms with van der Waals surface area (Å²) in [7, 11) is 0. The smallest absolute Gasteiger partial charge is 0.0513 e. The van der Waals surface area contributed by atoms with Crippen LogP contribution in [0.3, 0.4) is 0 Å². The van der Waals surface area contributed by atoms with Gasteiger partial charge in [0.05, 0.1) is 5.69 Å². The van der Waals surface area contributed by atoms with Crippen LogP contribution in [-0.4, -0.2) is 19.1 Å². The molecule has 20 heavy (non-hydrogen) atoms. The Kier molecular flexibility index (Phi) is 6.37. The fraction of sp³-hybridized carbons (Fsp3) is 0.647. The molecule has 1 aromatic carbocycles. The van der Waals surface area contributed by atoms with Crippen LogP contribution >= 0.6 is 15.9 Å². The molecule has 0 aromatic heterocycles. The van der Waals surface area contributed by atoms with Gasteiger partial charge in [0.25, 0.3) is 0 Å². The number of hydrogen-bond donors (Lipinski definition) is 1. The number of nitrogens with zero attached hydrogens (tertiary/aromatic N) is 1. The molecule has 1 saturated carbocycles. The van der Waals surface area contributed by atoms with Crippen LogP contribution in [0.2, 0.25) is 0 Å². The molecule has 0 bridgehead atoms. The topological polar surface area (TPSA) is 15.3 Å². The van der Waals surface area contributed by atoms with Gasteiger partial charge in [0, 0.05) is 23.6 Å². The average Bonchev–Trinajstić information content (AvgIpc) is 3.26. The van der Waals surface area contributed by atoms with E-state index in [4.69, 9.17) is 0 Å². The fourth-order valence-electron chi connectivity index (χ4n) is 2.52. The Morgan fingerprint density at radius 3 is 2.65 bits per heavy atom. The van der Waals surface area contributed by atoms with Crippen LogP contribution in [0, 0.1) is 0 Å². The zero-order chi connectivity index (χ0) is 14.4. The van der Waals surface area contributed by atoms with E-state index in [1.54, 1.807) is 0 Å². The molecule has 1 fully saturated rings. The van der Waals surface area contributed by atoms with Gasteiger partial charge in [0.15, 0.2) is 0 Å². The molecule has 1 aromatic rings. The lowest BCUT2D eigenvalue weighted by molar-refractivity contribution is 0.674. The summed E-state index contributed by atoms with van der Waals surface area (Å²) in [5.41, 5.74) is 2.74. The average molecular weight is 339 g/mol. The maximum atomic E-state index is 3.78. The highest BCUT2D eigenvalue weighted by atomic mass is 79.9. The van der Waals surface area contributed by atoms with Crippen molar-refractivity contribution < 1.29 is 0 Å². The zero-order valence-corrected chi connectivity index (χ0v) is 14.4. The van der Waals surface area contributed by atoms with Crippen LogP contribution < -0.4 is 10.2 Å². The minimum atomic E-state index is 0.780. The van der Waals surface area contributed by atoms with Crippen molar-refractivity contribution in [1.82, 2.24) is 5.32 Å². The molecule has 0 spiro atoms. The highest BCUT2D eigenvalue weighted by Crippen LogP contribution is 2.36. The van der Waals surface area contributed by atoms with E-state index in [1.807, 2.05) is 0 Å². The molecule has 0 aliphatic heterocycles. The molecule has 1 aliphatic rings. The molecule has 0 radical (unpaired) electrons. The molecular formula is C17H27BrN2. The van der Waals surface area contributed by atoms with Gasteiger partial charge in [0.1, 0.15) is 0 Å². The van der Waals surface area contributed by atoms with Crippen LogP contribution in [0.25, 0.3) is 0 Å². The Bertz CT molecular complexity index is 415. The van der Waals surface area contributed by atoms with Crippen molar-refractivity contribution in [3.63, 3.8) is 0 Å². The lowest BCUT2D eigenvalue weighted by Crippen LogP contribution is -2.27. The molecule has 2 nitrogen and oxygen atoms in total. The summed E-state index contributed by atoms with van der Waals surface area (Å²) in [5.74, 6) is 0. The summed E-state index contributed by atoms with van der Waals surface area (Å²) in [6.07, 6.45) is 6.44. The zero-order valence-electron chi connectivity index (χ0n) is 12.8. The standard InChI is InChI=1S/C17H27BrN2/c1-3-5-11-20(15-7-8-15)17-9-6-14(12-16(17)18)13-19-10-4-2/h6,9,12,15,19H,3-5,7-8,10-11,13H2,1-2H3. The Hall–Kier alpha value is -0.540. The van der Waals surface area contributed by atoms with Gasteiger partial charge in [0.2, 0.25) is 0 Å². The predicted molar refractivity (Wildman–Crippen MR) is 91.4 cm³/mol. The van der Waals surface area contributed by atoms with Gasteiger partial charge in [-0.2, -0.15) is 0 Å². The highest BCUT2D eigenvalue weighted by Gasteiger charge is 2.29. The van der Waals surface area contributed by atoms with Crippen LogP contribution in [0.1, 0.15) is 51.5 Å².